The van der Waals surface area contributed by atoms with E-state index in [4.69, 9.17) is 16.3 Å². The summed E-state index contributed by atoms with van der Waals surface area (Å²) in [6.07, 6.45) is 11.3. The molecular formula is C21H27ClN2O2. The third-order valence-electron chi connectivity index (χ3n) is 5.55. The summed E-state index contributed by atoms with van der Waals surface area (Å²) in [5.74, 6) is 0.668. The number of aromatic amines is 1. The number of halogens is 1. The molecule has 26 heavy (non-hydrogen) atoms. The second-order valence-electron chi connectivity index (χ2n) is 7.22. The van der Waals surface area contributed by atoms with Crippen molar-refractivity contribution in [1.82, 2.24) is 10.3 Å². The van der Waals surface area contributed by atoms with Crippen molar-refractivity contribution in [2.75, 3.05) is 7.05 Å². The fourth-order valence-electron chi connectivity index (χ4n) is 4.01. The van der Waals surface area contributed by atoms with Crippen LogP contribution in [0.3, 0.4) is 0 Å². The van der Waals surface area contributed by atoms with Crippen LogP contribution in [0.2, 0.25) is 5.02 Å². The molecule has 1 saturated carbocycles. The minimum absolute atomic E-state index is 0.132. The van der Waals surface area contributed by atoms with Gasteiger partial charge in [0.25, 0.3) is 5.56 Å². The first kappa shape index (κ1) is 19.0. The molecule has 1 aromatic carbocycles. The van der Waals surface area contributed by atoms with E-state index in [0.29, 0.717) is 16.2 Å². The molecule has 1 aliphatic carbocycles. The summed E-state index contributed by atoms with van der Waals surface area (Å²) in [5.41, 5.74) is 0.0430. The molecule has 1 fully saturated rings. The highest BCUT2D eigenvalue weighted by atomic mass is 35.5. The van der Waals surface area contributed by atoms with Crippen LogP contribution in [0.15, 0.2) is 41.8 Å². The summed E-state index contributed by atoms with van der Waals surface area (Å²) < 4.78 is 6.25. The first-order valence-corrected chi connectivity index (χ1v) is 9.72. The fraction of sp³-hybridized carbons (Fsp3) is 0.476. The summed E-state index contributed by atoms with van der Waals surface area (Å²) in [5, 5.41) is 5.45. The Kier molecular flexibility index (Phi) is 6.05. The topological polar surface area (TPSA) is 54.1 Å². The van der Waals surface area contributed by atoms with Gasteiger partial charge in [0.1, 0.15) is 5.75 Å². The average Bonchev–Trinajstić information content (AvgIpc) is 2.61. The SMILES string of the molecule is C=CCC1(NC)CCCC(Oc2cc3cc[nH]c(=O)c3cc2Cl)CCC1. The van der Waals surface area contributed by atoms with Gasteiger partial charge in [0.05, 0.1) is 11.1 Å². The number of benzene rings is 1. The van der Waals surface area contributed by atoms with Gasteiger partial charge in [-0.2, -0.15) is 0 Å². The number of rotatable bonds is 5. The van der Waals surface area contributed by atoms with Crippen molar-refractivity contribution < 1.29 is 4.74 Å². The molecule has 5 heteroatoms. The summed E-state index contributed by atoms with van der Waals surface area (Å²) >= 11 is 6.38. The molecule has 0 amide bonds. The van der Waals surface area contributed by atoms with Gasteiger partial charge in [-0.15, -0.1) is 6.58 Å². The van der Waals surface area contributed by atoms with Crippen molar-refractivity contribution in [3.05, 3.63) is 52.4 Å². The lowest BCUT2D eigenvalue weighted by Crippen LogP contribution is -2.43. The molecule has 0 saturated heterocycles. The molecule has 0 atom stereocenters. The summed E-state index contributed by atoms with van der Waals surface area (Å²) in [4.78, 5) is 14.6. The molecule has 0 bridgehead atoms. The lowest BCUT2D eigenvalue weighted by atomic mass is 9.81. The molecule has 1 aromatic heterocycles. The van der Waals surface area contributed by atoms with Gasteiger partial charge >= 0.3 is 0 Å². The van der Waals surface area contributed by atoms with Gasteiger partial charge in [0.2, 0.25) is 0 Å². The Balaban J connectivity index is 1.72. The second-order valence-corrected chi connectivity index (χ2v) is 7.63. The van der Waals surface area contributed by atoms with E-state index in [1.54, 1.807) is 12.3 Å². The molecule has 2 aromatic rings. The highest BCUT2D eigenvalue weighted by Crippen LogP contribution is 2.34. The predicted molar refractivity (Wildman–Crippen MR) is 108 cm³/mol. The number of H-pyrrole nitrogens is 1. The smallest absolute Gasteiger partial charge is 0.255 e. The summed E-state index contributed by atoms with van der Waals surface area (Å²) in [6, 6.07) is 5.44. The van der Waals surface area contributed by atoms with Crippen molar-refractivity contribution in [1.29, 1.82) is 0 Å². The van der Waals surface area contributed by atoms with Crippen LogP contribution in [0.5, 0.6) is 5.75 Å². The number of ether oxygens (including phenoxy) is 1. The number of nitrogens with one attached hydrogen (secondary N) is 2. The van der Waals surface area contributed by atoms with E-state index in [2.05, 4.69) is 23.9 Å². The third kappa shape index (κ3) is 4.13. The van der Waals surface area contributed by atoms with E-state index in [0.717, 1.165) is 50.3 Å². The van der Waals surface area contributed by atoms with Crippen molar-refractivity contribution >= 4 is 22.4 Å². The van der Waals surface area contributed by atoms with Crippen molar-refractivity contribution in [2.45, 2.75) is 56.6 Å². The van der Waals surface area contributed by atoms with Crippen molar-refractivity contribution in [3.63, 3.8) is 0 Å². The molecular weight excluding hydrogens is 348 g/mol. The Morgan fingerprint density at radius 2 is 2.12 bits per heavy atom. The maximum Gasteiger partial charge on any atom is 0.255 e. The highest BCUT2D eigenvalue weighted by molar-refractivity contribution is 6.32. The lowest BCUT2D eigenvalue weighted by molar-refractivity contribution is 0.144. The van der Waals surface area contributed by atoms with Crippen LogP contribution in [0.1, 0.15) is 44.9 Å². The van der Waals surface area contributed by atoms with E-state index in [-0.39, 0.29) is 17.2 Å². The van der Waals surface area contributed by atoms with E-state index in [9.17, 15) is 4.79 Å². The number of fused-ring (bicyclic) bond motifs is 1. The number of hydrogen-bond acceptors (Lipinski definition) is 3. The Morgan fingerprint density at radius 3 is 2.77 bits per heavy atom. The van der Waals surface area contributed by atoms with Gasteiger partial charge in [0, 0.05) is 17.1 Å². The van der Waals surface area contributed by atoms with E-state index in [1.165, 1.54) is 0 Å². The average molecular weight is 375 g/mol. The Morgan fingerprint density at radius 1 is 1.38 bits per heavy atom. The molecule has 0 radical (unpaired) electrons. The van der Waals surface area contributed by atoms with Crippen LogP contribution in [0, 0.1) is 0 Å². The molecule has 2 N–H and O–H groups in total. The summed E-state index contributed by atoms with van der Waals surface area (Å²) in [7, 11) is 2.05. The molecule has 1 aliphatic rings. The highest BCUT2D eigenvalue weighted by Gasteiger charge is 2.29. The predicted octanol–water partition coefficient (Wildman–Crippen LogP) is 4.82. The standard InChI is InChI=1S/C21H27ClN2O2/c1-3-9-21(23-2)10-4-6-16(7-5-11-21)26-19-13-15-8-12-24-20(25)17(15)14-18(19)22/h3,8,12-14,16,23H,1,4-7,9-11H2,2H3,(H,24,25). The van der Waals surface area contributed by atoms with Crippen LogP contribution in [0.4, 0.5) is 0 Å². The zero-order valence-electron chi connectivity index (χ0n) is 15.3. The van der Waals surface area contributed by atoms with Crippen LogP contribution in [-0.2, 0) is 0 Å². The second kappa shape index (κ2) is 8.28. The van der Waals surface area contributed by atoms with Gasteiger partial charge in [-0.3, -0.25) is 4.79 Å². The minimum atomic E-state index is -0.132. The summed E-state index contributed by atoms with van der Waals surface area (Å²) in [6.45, 7) is 3.91. The van der Waals surface area contributed by atoms with Gasteiger partial charge in [0.15, 0.2) is 0 Å². The Labute approximate surface area is 159 Å². The monoisotopic (exact) mass is 374 g/mol. The number of pyridine rings is 1. The van der Waals surface area contributed by atoms with Crippen molar-refractivity contribution in [3.8, 4) is 5.75 Å². The van der Waals surface area contributed by atoms with Gasteiger partial charge in [-0.05, 0) is 75.6 Å². The number of hydrogen-bond donors (Lipinski definition) is 2. The zero-order valence-corrected chi connectivity index (χ0v) is 16.1. The third-order valence-corrected chi connectivity index (χ3v) is 5.84. The minimum Gasteiger partial charge on any atom is -0.489 e. The van der Waals surface area contributed by atoms with E-state index < -0.39 is 0 Å². The molecule has 0 spiro atoms. The van der Waals surface area contributed by atoms with E-state index in [1.807, 2.05) is 18.2 Å². The number of aromatic nitrogens is 1. The molecule has 3 rings (SSSR count). The molecule has 0 aliphatic heterocycles. The largest absolute Gasteiger partial charge is 0.489 e. The van der Waals surface area contributed by atoms with Crippen LogP contribution < -0.4 is 15.6 Å². The molecule has 1 heterocycles. The van der Waals surface area contributed by atoms with Gasteiger partial charge < -0.3 is 15.0 Å². The lowest BCUT2D eigenvalue weighted by Gasteiger charge is -2.36. The van der Waals surface area contributed by atoms with Gasteiger partial charge in [-0.1, -0.05) is 17.7 Å². The van der Waals surface area contributed by atoms with Crippen molar-refractivity contribution in [2.24, 2.45) is 0 Å². The Bertz CT molecular complexity index is 820. The fourth-order valence-corrected chi connectivity index (χ4v) is 4.22. The Hall–Kier alpha value is -1.78. The quantitative estimate of drug-likeness (QED) is 0.738. The maximum atomic E-state index is 11.9. The molecule has 140 valence electrons. The zero-order chi connectivity index (χ0) is 18.6. The van der Waals surface area contributed by atoms with Crippen LogP contribution in [0.25, 0.3) is 10.8 Å². The first-order valence-electron chi connectivity index (χ1n) is 9.34. The molecule has 4 nitrogen and oxygen atoms in total. The van der Waals surface area contributed by atoms with Crippen LogP contribution in [-0.4, -0.2) is 23.7 Å². The van der Waals surface area contributed by atoms with E-state index >= 15 is 0 Å². The molecule has 0 unspecified atom stereocenters. The van der Waals surface area contributed by atoms with Crippen LogP contribution >= 0.6 is 11.6 Å². The van der Waals surface area contributed by atoms with Gasteiger partial charge in [-0.25, -0.2) is 0 Å². The first-order chi connectivity index (χ1) is 12.6. The normalized spacial score (nSPS) is 24.0. The maximum absolute atomic E-state index is 11.9.